The number of rotatable bonds is 3. The number of likely N-dealkylation sites (N-methyl/N-ethyl adjacent to an activating group) is 1. The first-order valence-corrected chi connectivity index (χ1v) is 4.71. The van der Waals surface area contributed by atoms with Crippen LogP contribution in [0.2, 0.25) is 0 Å². The van der Waals surface area contributed by atoms with E-state index in [1.165, 1.54) is 0 Å². The zero-order valence-electron chi connectivity index (χ0n) is 8.26. The van der Waals surface area contributed by atoms with Gasteiger partial charge >= 0.3 is 0 Å². The first-order valence-electron chi connectivity index (χ1n) is 3.59. The van der Waals surface area contributed by atoms with Crippen molar-refractivity contribution in [3.05, 3.63) is 0 Å². The van der Waals surface area contributed by atoms with Gasteiger partial charge in [-0.25, -0.2) is 0 Å². The molecule has 82 valence electrons. The molecule has 0 aliphatic carbocycles. The van der Waals surface area contributed by atoms with Crippen molar-refractivity contribution in [3.63, 3.8) is 0 Å². The minimum atomic E-state index is -0.329. The van der Waals surface area contributed by atoms with Crippen LogP contribution in [0, 0.1) is 0 Å². The lowest BCUT2D eigenvalue weighted by Gasteiger charge is -2.21. The third-order valence-corrected chi connectivity index (χ3v) is 1.46. The molecule has 0 bridgehead atoms. The molecule has 0 aromatic carbocycles. The fraction of sp³-hybridized carbons (Fsp3) is 0.857. The highest BCUT2D eigenvalue weighted by atomic mass is 79.9. The van der Waals surface area contributed by atoms with E-state index in [0.29, 0.717) is 0 Å². The van der Waals surface area contributed by atoms with Crippen LogP contribution in [0.3, 0.4) is 0 Å². The van der Waals surface area contributed by atoms with Crippen molar-refractivity contribution < 1.29 is 26.8 Å². The number of nitrogens with two attached hydrogens (primary N) is 1. The Morgan fingerprint density at radius 2 is 1.77 bits per heavy atom. The van der Waals surface area contributed by atoms with E-state index in [1.807, 2.05) is 0 Å². The molecule has 0 saturated heterocycles. The molecule has 0 radical (unpaired) electrons. The van der Waals surface area contributed by atoms with Gasteiger partial charge in [-0.05, 0) is 0 Å². The number of amides is 1. The third kappa shape index (κ3) is 33.1. The zero-order chi connectivity index (χ0) is 10.2. The largest absolute Gasteiger partial charge is 1.00 e. The van der Waals surface area contributed by atoms with Crippen LogP contribution in [-0.4, -0.2) is 55.1 Å². The van der Waals surface area contributed by atoms with Gasteiger partial charge in [-0.3, -0.25) is 4.79 Å². The van der Waals surface area contributed by atoms with Gasteiger partial charge in [0.1, 0.15) is 6.54 Å². The van der Waals surface area contributed by atoms with Crippen LogP contribution in [0.4, 0.5) is 0 Å². The summed E-state index contributed by atoms with van der Waals surface area (Å²) in [5.41, 5.74) is 4.61. The lowest BCUT2D eigenvalue weighted by atomic mass is 10.5. The topological polar surface area (TPSA) is 63.3 Å². The number of quaternary nitrogens is 1. The molecular weight excluding hydrogens is 259 g/mol. The van der Waals surface area contributed by atoms with Crippen molar-refractivity contribution in [1.82, 2.24) is 0 Å². The van der Waals surface area contributed by atoms with Crippen LogP contribution in [0.15, 0.2) is 0 Å². The van der Waals surface area contributed by atoms with E-state index < -0.39 is 0 Å². The average molecular weight is 278 g/mol. The number of primary amides is 1. The maximum absolute atomic E-state index is 9.54. The molecule has 1 amide bonds. The number of aliphatic hydroxyl groups is 1. The van der Waals surface area contributed by atoms with Crippen LogP contribution in [0.1, 0.15) is 0 Å². The predicted octanol–water partition coefficient (Wildman–Crippen LogP) is -3.44. The highest BCUT2D eigenvalue weighted by molar-refractivity contribution is 9.09. The molecule has 0 aliphatic heterocycles. The molecule has 0 spiro atoms. The Morgan fingerprint density at radius 1 is 1.46 bits per heavy atom. The lowest BCUT2D eigenvalue weighted by Crippen LogP contribution is -3.00. The third-order valence-electron chi connectivity index (χ3n) is 0.903. The molecule has 0 unspecified atom stereocenters. The van der Waals surface area contributed by atoms with Gasteiger partial charge < -0.3 is 27.7 Å². The summed E-state index contributed by atoms with van der Waals surface area (Å²) in [6.07, 6.45) is 0. The van der Waals surface area contributed by atoms with Gasteiger partial charge in [-0.2, -0.15) is 0 Å². The smallest absolute Gasteiger partial charge is 0.228 e. The predicted molar refractivity (Wildman–Crippen MR) is 53.0 cm³/mol. The second-order valence-corrected chi connectivity index (χ2v) is 3.90. The van der Waals surface area contributed by atoms with Crippen molar-refractivity contribution in [1.29, 1.82) is 0 Å². The van der Waals surface area contributed by atoms with E-state index in [-0.39, 0.29) is 30.3 Å². The fourth-order valence-corrected chi connectivity index (χ4v) is 0.300. The Kier molecular flexibility index (Phi) is 14.9. The molecule has 6 heteroatoms. The summed E-state index contributed by atoms with van der Waals surface area (Å²) in [6.45, 7) is 1.11. The summed E-state index contributed by atoms with van der Waals surface area (Å²) in [5.74, 6) is -0.329. The number of hydrogen-bond acceptors (Lipinski definition) is 2. The Bertz CT molecular complexity index is 128. The van der Waals surface area contributed by atoms with Gasteiger partial charge in [0.2, 0.25) is 5.91 Å². The summed E-state index contributed by atoms with van der Waals surface area (Å²) in [7, 11) is 6.16. The summed E-state index contributed by atoms with van der Waals surface area (Å²) in [4.78, 5) is 9.54. The fourth-order valence-electron chi connectivity index (χ4n) is 0.300. The van der Waals surface area contributed by atoms with Crippen molar-refractivity contribution >= 4 is 21.8 Å². The number of hydrogen-bond donors (Lipinski definition) is 2. The molecular formula is C7H18BrClN2O2. The first kappa shape index (κ1) is 18.9. The molecule has 0 aliphatic rings. The highest BCUT2D eigenvalue weighted by Gasteiger charge is 2.02. The van der Waals surface area contributed by atoms with Gasteiger partial charge in [-0.15, -0.1) is 0 Å². The molecule has 4 nitrogen and oxygen atoms in total. The second-order valence-electron chi connectivity index (χ2n) is 3.34. The van der Waals surface area contributed by atoms with Crippen LogP contribution in [0.25, 0.3) is 0 Å². The van der Waals surface area contributed by atoms with Gasteiger partial charge in [0, 0.05) is 0 Å². The molecule has 13 heavy (non-hydrogen) atoms. The molecule has 0 atom stereocenters. The van der Waals surface area contributed by atoms with E-state index >= 15 is 0 Å². The van der Waals surface area contributed by atoms with Gasteiger partial charge in [-0.1, -0.05) is 15.9 Å². The summed E-state index contributed by atoms with van der Waals surface area (Å²) < 4.78 is 0.844. The van der Waals surface area contributed by atoms with Crippen LogP contribution < -0.4 is 18.1 Å². The number of carbonyl (C=O) groups excluding carboxylic acids is 1. The van der Waals surface area contributed by atoms with Crippen LogP contribution in [-0.2, 0) is 4.79 Å². The van der Waals surface area contributed by atoms with E-state index in [1.54, 1.807) is 0 Å². The maximum atomic E-state index is 9.54. The minimum absolute atomic E-state index is 0. The first-order chi connectivity index (χ1) is 5.33. The van der Waals surface area contributed by atoms with Crippen molar-refractivity contribution in [2.45, 2.75) is 0 Å². The Morgan fingerprint density at radius 3 is 1.77 bits per heavy atom. The number of carbonyl (C=O) groups is 1. The number of aliphatic hydroxyl groups excluding tert-OH is 1. The summed E-state index contributed by atoms with van der Waals surface area (Å²) in [5, 5.41) is 8.64. The summed E-state index contributed by atoms with van der Waals surface area (Å²) >= 11 is 2.84. The van der Waals surface area contributed by atoms with Crippen LogP contribution >= 0.6 is 15.9 Å². The minimum Gasteiger partial charge on any atom is -1.00 e. The quantitative estimate of drug-likeness (QED) is 0.416. The molecule has 3 N–H and O–H groups in total. The Labute approximate surface area is 94.2 Å². The van der Waals surface area contributed by atoms with Gasteiger partial charge in [0.05, 0.1) is 33.1 Å². The SMILES string of the molecule is C[N+](C)(C)CCO.NC(=O)CBr.[Cl-]. The highest BCUT2D eigenvalue weighted by Crippen LogP contribution is 1.84. The zero-order valence-corrected chi connectivity index (χ0v) is 10.6. The Balaban J connectivity index is -0.000000150. The van der Waals surface area contributed by atoms with Gasteiger partial charge in [0.25, 0.3) is 0 Å². The lowest BCUT2D eigenvalue weighted by molar-refractivity contribution is -0.870. The number of halogens is 2. The molecule has 0 heterocycles. The standard InChI is InChI=1S/C5H14NO.C2H4BrNO.ClH/c1-6(2,3)4-5-7;3-1-2(4)5;/h7H,4-5H2,1-3H3;1H2,(H2,4,5);1H/q+1;;/p-1. The number of nitrogens with zero attached hydrogens (tertiary/aromatic N) is 1. The monoisotopic (exact) mass is 276 g/mol. The van der Waals surface area contributed by atoms with Crippen LogP contribution in [0.5, 0.6) is 0 Å². The molecule has 0 aromatic rings. The van der Waals surface area contributed by atoms with Crippen molar-refractivity contribution in [3.8, 4) is 0 Å². The normalized spacial score (nSPS) is 9.31. The van der Waals surface area contributed by atoms with E-state index in [9.17, 15) is 4.79 Å². The molecule has 0 aromatic heterocycles. The van der Waals surface area contributed by atoms with Gasteiger partial charge in [0.15, 0.2) is 0 Å². The van der Waals surface area contributed by atoms with E-state index in [4.69, 9.17) is 5.11 Å². The van der Waals surface area contributed by atoms with Crippen molar-refractivity contribution in [2.75, 3.05) is 39.6 Å². The maximum Gasteiger partial charge on any atom is 0.228 e. The second kappa shape index (κ2) is 10.2. The number of alkyl halides is 1. The van der Waals surface area contributed by atoms with E-state index in [0.717, 1.165) is 11.0 Å². The average Bonchev–Trinajstić information content (AvgIpc) is 1.86. The Hall–Kier alpha value is 0.160. The molecule has 0 rings (SSSR count). The van der Waals surface area contributed by atoms with E-state index in [2.05, 4.69) is 42.8 Å². The molecule has 0 saturated carbocycles. The van der Waals surface area contributed by atoms with Crippen molar-refractivity contribution in [2.24, 2.45) is 5.73 Å². The molecule has 0 fully saturated rings. The summed E-state index contributed by atoms with van der Waals surface area (Å²) in [6, 6.07) is 0.